The van der Waals surface area contributed by atoms with Gasteiger partial charge in [0.05, 0.1) is 33.5 Å². The van der Waals surface area contributed by atoms with Crippen LogP contribution in [0, 0.1) is 6.92 Å². The van der Waals surface area contributed by atoms with E-state index in [1.165, 1.54) is 44.9 Å². The normalized spacial score (nSPS) is 13.8. The smallest absolute Gasteiger partial charge is 0.326 e. The van der Waals surface area contributed by atoms with E-state index in [2.05, 4.69) is 84.4 Å². The predicted molar refractivity (Wildman–Crippen MR) is 240 cm³/mol. The van der Waals surface area contributed by atoms with Crippen LogP contribution < -0.4 is 9.91 Å². The van der Waals surface area contributed by atoms with E-state index in [4.69, 9.17) is 22.1 Å². The van der Waals surface area contributed by atoms with Crippen LogP contribution in [-0.4, -0.2) is 65.7 Å². The van der Waals surface area contributed by atoms with Crippen LogP contribution >= 0.6 is 24.0 Å². The molecular weight excluding hydrogens is 789 g/mol. The Bertz CT molecular complexity index is 2130. The lowest BCUT2D eigenvalue weighted by atomic mass is 10.1. The van der Waals surface area contributed by atoms with Crippen LogP contribution in [0.2, 0.25) is 0 Å². The highest BCUT2D eigenvalue weighted by Gasteiger charge is 2.33. The summed E-state index contributed by atoms with van der Waals surface area (Å²) in [6, 6.07) is 34.8. The van der Waals surface area contributed by atoms with Gasteiger partial charge < -0.3 is 14.2 Å². The molecule has 1 saturated heterocycles. The summed E-state index contributed by atoms with van der Waals surface area (Å²) in [5, 5.41) is 7.02. The quantitative estimate of drug-likeness (QED) is 0.0144. The van der Waals surface area contributed by atoms with E-state index in [0.29, 0.717) is 4.91 Å². The number of anilines is 4. The average Bonchev–Trinajstić information content (AvgIpc) is 3.47. The van der Waals surface area contributed by atoms with Crippen molar-refractivity contribution >= 4 is 85.3 Å². The van der Waals surface area contributed by atoms with Crippen LogP contribution in [0.15, 0.2) is 113 Å². The lowest BCUT2D eigenvalue weighted by molar-refractivity contribution is -0.146. The fraction of sp³-hybridized carbons (Fsp3) is 0.333. The minimum Gasteiger partial charge on any atom is -0.748 e. The molecule has 0 atom stereocenters. The number of aryl methyl sites for hydroxylation is 1. The third-order valence-electron chi connectivity index (χ3n) is 9.48. The van der Waals surface area contributed by atoms with E-state index in [1.807, 2.05) is 48.7 Å². The molecule has 4 aromatic rings. The molecule has 0 radical (unpaired) electrons. The Hall–Kier alpha value is -4.82. The van der Waals surface area contributed by atoms with Gasteiger partial charge in [-0.05, 0) is 85.5 Å². The molecular formula is C45H51N4O6S3-. The summed E-state index contributed by atoms with van der Waals surface area (Å²) in [4.78, 5) is 29.2. The van der Waals surface area contributed by atoms with Gasteiger partial charge in [0.2, 0.25) is 0 Å². The zero-order valence-electron chi connectivity index (χ0n) is 33.1. The molecule has 0 N–H and O–H groups in total. The molecule has 1 fully saturated rings. The summed E-state index contributed by atoms with van der Waals surface area (Å²) >= 11 is 6.45. The monoisotopic (exact) mass is 839 g/mol. The Morgan fingerprint density at radius 2 is 1.36 bits per heavy atom. The molecule has 0 spiro atoms. The van der Waals surface area contributed by atoms with Gasteiger partial charge in [-0.1, -0.05) is 136 Å². The largest absolute Gasteiger partial charge is 0.748 e. The topological polar surface area (TPSA) is 123 Å². The van der Waals surface area contributed by atoms with Crippen LogP contribution in [0.5, 0.6) is 0 Å². The summed E-state index contributed by atoms with van der Waals surface area (Å²) in [6.45, 7) is 4.51. The zero-order valence-corrected chi connectivity index (χ0v) is 35.6. The highest BCUT2D eigenvalue weighted by Crippen LogP contribution is 2.36. The maximum atomic E-state index is 13.2. The molecule has 0 saturated carbocycles. The molecule has 1 amide bonds. The summed E-state index contributed by atoms with van der Waals surface area (Å²) in [6.07, 6.45) is 13.6. The van der Waals surface area contributed by atoms with Crippen molar-refractivity contribution < 1.29 is 27.3 Å². The van der Waals surface area contributed by atoms with Crippen molar-refractivity contribution in [2.75, 3.05) is 35.4 Å². The molecule has 13 heteroatoms. The molecule has 58 heavy (non-hydrogen) atoms. The number of para-hydroxylation sites is 1. The van der Waals surface area contributed by atoms with E-state index >= 15 is 0 Å². The fourth-order valence-corrected chi connectivity index (χ4v) is 8.07. The Morgan fingerprint density at radius 1 is 0.793 bits per heavy atom. The second-order valence-corrected chi connectivity index (χ2v) is 17.3. The van der Waals surface area contributed by atoms with Crippen LogP contribution in [0.4, 0.5) is 22.7 Å². The van der Waals surface area contributed by atoms with Crippen LogP contribution in [0.1, 0.15) is 81.4 Å². The minimum absolute atomic E-state index is 0.124. The van der Waals surface area contributed by atoms with Crippen molar-refractivity contribution in [3.63, 3.8) is 0 Å². The molecule has 0 aliphatic carbocycles. The summed E-state index contributed by atoms with van der Waals surface area (Å²) < 4.78 is 37.5. The second kappa shape index (κ2) is 22.4. The fourth-order valence-electron chi connectivity index (χ4n) is 6.34. The van der Waals surface area contributed by atoms with E-state index < -0.39 is 34.3 Å². The van der Waals surface area contributed by atoms with Gasteiger partial charge in [0, 0.05) is 29.4 Å². The third-order valence-corrected chi connectivity index (χ3v) is 11.6. The number of nitrogens with zero attached hydrogens (tertiary/aromatic N) is 4. The van der Waals surface area contributed by atoms with Crippen LogP contribution in [0.3, 0.4) is 0 Å². The number of hydrogen-bond acceptors (Lipinski definition) is 11. The highest BCUT2D eigenvalue weighted by atomic mass is 32.2. The Labute approximate surface area is 352 Å². The van der Waals surface area contributed by atoms with E-state index in [-0.39, 0.29) is 17.3 Å². The maximum absolute atomic E-state index is 13.2. The number of unbranched alkanes of at least 4 members (excludes halogenated alkanes) is 7. The SMILES string of the molecule is CCCCCCCCCCN(/N=C/c1ccc(N(c2ccc(C)cc2)c2ccc(/C=C3/SC(=S)N(CC(=O)OCCCS(=O)(=O)[O-])C3=O)cc2)cc1)c1ccccc1. The summed E-state index contributed by atoms with van der Waals surface area (Å²) in [5.74, 6) is -1.81. The van der Waals surface area contributed by atoms with Gasteiger partial charge in [0.15, 0.2) is 0 Å². The number of ether oxygens (including phenoxy) is 1. The van der Waals surface area contributed by atoms with E-state index in [0.717, 1.165) is 69.1 Å². The highest BCUT2D eigenvalue weighted by molar-refractivity contribution is 8.26. The lowest BCUT2D eigenvalue weighted by Crippen LogP contribution is -2.34. The number of rotatable bonds is 22. The van der Waals surface area contributed by atoms with Gasteiger partial charge in [0.25, 0.3) is 5.91 Å². The van der Waals surface area contributed by atoms with E-state index in [1.54, 1.807) is 6.08 Å². The summed E-state index contributed by atoms with van der Waals surface area (Å²) in [5.41, 5.74) is 6.86. The van der Waals surface area contributed by atoms with Crippen molar-refractivity contribution in [2.24, 2.45) is 5.10 Å². The number of esters is 1. The molecule has 4 aromatic carbocycles. The lowest BCUT2D eigenvalue weighted by Gasteiger charge is -2.26. The number of thioether (sulfide) groups is 1. The first kappa shape index (κ1) is 44.3. The van der Waals surface area contributed by atoms with E-state index in [9.17, 15) is 22.6 Å². The van der Waals surface area contributed by atoms with Crippen molar-refractivity contribution in [2.45, 2.75) is 71.6 Å². The number of hydrogen-bond donors (Lipinski definition) is 0. The third kappa shape index (κ3) is 13.9. The molecule has 0 bridgehead atoms. The van der Waals surface area contributed by atoms with Gasteiger partial charge in [-0.3, -0.25) is 19.5 Å². The second-order valence-electron chi connectivity index (χ2n) is 14.1. The summed E-state index contributed by atoms with van der Waals surface area (Å²) in [7, 11) is -4.40. The average molecular weight is 840 g/mol. The Balaban J connectivity index is 1.26. The molecule has 0 aromatic heterocycles. The van der Waals surface area contributed by atoms with Crippen LogP contribution in [0.25, 0.3) is 6.08 Å². The number of amides is 1. The maximum Gasteiger partial charge on any atom is 0.326 e. The van der Waals surface area contributed by atoms with Gasteiger partial charge in [-0.2, -0.15) is 5.10 Å². The number of carbonyl (C=O) groups excluding carboxylic acids is 2. The first-order valence-corrected chi connectivity index (χ1v) is 22.6. The number of benzene rings is 4. The van der Waals surface area contributed by atoms with Crippen molar-refractivity contribution in [3.8, 4) is 0 Å². The first-order chi connectivity index (χ1) is 28.0. The first-order valence-electron chi connectivity index (χ1n) is 19.8. The molecule has 1 aliphatic rings. The standard InChI is InChI=1S/C45H52N4O6S3/c1-3-4-5-6-7-8-9-13-29-48(38-15-11-10-12-16-38)46-33-37-21-27-41(28-22-37)49(39-23-17-35(2)18-24-39)40-25-19-36(20-26-40)32-42-44(51)47(45(56)57-42)34-43(50)55-30-14-31-58(52,53)54/h10-12,15-28,32-33H,3-9,13-14,29-31,34H2,1-2H3,(H,52,53,54)/p-1/b42-32+,46-33+. The van der Waals surface area contributed by atoms with Gasteiger partial charge in [0.1, 0.15) is 10.9 Å². The number of hydrazone groups is 1. The van der Waals surface area contributed by atoms with Crippen molar-refractivity contribution in [1.82, 2.24) is 4.90 Å². The van der Waals surface area contributed by atoms with Crippen LogP contribution in [-0.2, 0) is 24.4 Å². The molecule has 10 nitrogen and oxygen atoms in total. The molecule has 1 heterocycles. The zero-order chi connectivity index (χ0) is 41.3. The van der Waals surface area contributed by atoms with Gasteiger partial charge in [-0.25, -0.2) is 8.42 Å². The number of thiocarbonyl (C=S) groups is 1. The predicted octanol–water partition coefficient (Wildman–Crippen LogP) is 10.1. The Kier molecular flexibility index (Phi) is 17.1. The molecule has 306 valence electrons. The molecule has 0 unspecified atom stereocenters. The van der Waals surface area contributed by atoms with Crippen molar-refractivity contribution in [1.29, 1.82) is 0 Å². The van der Waals surface area contributed by atoms with Crippen molar-refractivity contribution in [3.05, 3.63) is 125 Å². The minimum atomic E-state index is -4.40. The van der Waals surface area contributed by atoms with Gasteiger partial charge >= 0.3 is 5.97 Å². The molecule has 5 rings (SSSR count). The number of carbonyl (C=O) groups is 2. The Morgan fingerprint density at radius 3 is 1.97 bits per heavy atom. The van der Waals surface area contributed by atoms with Gasteiger partial charge in [-0.15, -0.1) is 0 Å². The molecule has 1 aliphatic heterocycles.